The van der Waals surface area contributed by atoms with Gasteiger partial charge in [-0.2, -0.15) is 35.6 Å². The Morgan fingerprint density at radius 3 is 2.28 bits per heavy atom. The lowest BCUT2D eigenvalue weighted by molar-refractivity contribution is -0.0874. The Kier molecular flexibility index (Phi) is 15.6. The van der Waals surface area contributed by atoms with Crippen molar-refractivity contribution in [3.63, 3.8) is 0 Å². The number of hydrogen-bond acceptors (Lipinski definition) is 20. The zero-order chi connectivity index (χ0) is 63.9. The van der Waals surface area contributed by atoms with Gasteiger partial charge in [0.1, 0.15) is 77.7 Å². The van der Waals surface area contributed by atoms with Gasteiger partial charge in [-0.05, 0) is 121 Å². The Labute approximate surface area is 547 Å². The summed E-state index contributed by atoms with van der Waals surface area (Å²) in [7, 11) is 3.96. The third-order valence-electron chi connectivity index (χ3n) is 22.4. The van der Waals surface area contributed by atoms with E-state index in [9.17, 15) is 15.6 Å². The van der Waals surface area contributed by atoms with Crippen LogP contribution in [0.4, 0.5) is 30.5 Å². The van der Waals surface area contributed by atoms with Crippen LogP contribution in [-0.2, 0) is 59.0 Å². The van der Waals surface area contributed by atoms with Gasteiger partial charge in [-0.25, -0.2) is 13.2 Å². The second-order valence-electron chi connectivity index (χ2n) is 28.2. The van der Waals surface area contributed by atoms with Gasteiger partial charge in [-0.3, -0.25) is 19.4 Å². The molecule has 8 aliphatic heterocycles. The quantitative estimate of drug-likeness (QED) is 0.0384. The van der Waals surface area contributed by atoms with Crippen molar-refractivity contribution in [3.05, 3.63) is 102 Å². The lowest BCUT2D eigenvalue weighted by Crippen LogP contribution is -2.57. The van der Waals surface area contributed by atoms with Crippen LogP contribution in [0.1, 0.15) is 153 Å². The van der Waals surface area contributed by atoms with Crippen LogP contribution in [0.5, 0.6) is 12.0 Å². The fraction of sp³-hybridized carbons (Fsp3) is 0.627. The fourth-order valence-corrected chi connectivity index (χ4v) is 18.5. The summed E-state index contributed by atoms with van der Waals surface area (Å²) in [5.41, 5.74) is 25.1. The van der Waals surface area contributed by atoms with E-state index in [-0.39, 0.29) is 109 Å². The first-order chi connectivity index (χ1) is 44.3. The molecule has 3 aliphatic carbocycles. The molecule has 5 saturated heterocycles. The van der Waals surface area contributed by atoms with Crippen LogP contribution in [0.15, 0.2) is 39.9 Å². The van der Waals surface area contributed by atoms with Crippen LogP contribution in [0.2, 0.25) is 0 Å². The number of rotatable bonds is 13. The number of nitrogen functional groups attached to an aromatic ring is 1. The van der Waals surface area contributed by atoms with E-state index in [0.29, 0.717) is 99.6 Å². The number of aliphatic hydroxyl groups excluding tert-OH is 1. The molecule has 11 aliphatic rings. The summed E-state index contributed by atoms with van der Waals surface area (Å²) in [4.78, 5) is 31.4. The molecule has 1 aromatic carbocycles. The van der Waals surface area contributed by atoms with E-state index >= 15 is 13.2 Å². The molecule has 7 unspecified atom stereocenters. The van der Waals surface area contributed by atoms with Crippen LogP contribution in [0, 0.1) is 35.4 Å². The molecule has 11 heterocycles. The molecule has 12 atom stereocenters. The maximum absolute atomic E-state index is 15.9. The van der Waals surface area contributed by atoms with Crippen molar-refractivity contribution in [2.24, 2.45) is 5.73 Å². The minimum absolute atomic E-state index is 0.0262. The van der Waals surface area contributed by atoms with E-state index in [0.717, 1.165) is 89.3 Å². The molecule has 1 saturated carbocycles. The van der Waals surface area contributed by atoms with Gasteiger partial charge in [-0.1, -0.05) is 35.2 Å². The predicted octanol–water partition coefficient (Wildman–Crippen LogP) is 7.53. The van der Waals surface area contributed by atoms with E-state index < -0.39 is 46.7 Å². The molecule has 2 spiro atoms. The van der Waals surface area contributed by atoms with Crippen LogP contribution >= 0.6 is 22.6 Å². The van der Waals surface area contributed by atoms with Crippen LogP contribution in [0.3, 0.4) is 0 Å². The van der Waals surface area contributed by atoms with E-state index in [1.807, 2.05) is 25.9 Å². The molecular weight excluding hydrogens is 1290 g/mol. The number of nitrogens with zero attached hydrogens (tertiary/aromatic N) is 13. The van der Waals surface area contributed by atoms with E-state index in [4.69, 9.17) is 60.2 Å². The third-order valence-corrected chi connectivity index (χ3v) is 23.6. The highest BCUT2D eigenvalue weighted by Gasteiger charge is 2.56. The summed E-state index contributed by atoms with van der Waals surface area (Å²) in [5.74, 6) is 0.668. The second-order valence-corrected chi connectivity index (χ2v) is 29.7. The molecule has 25 heteroatoms. The van der Waals surface area contributed by atoms with Gasteiger partial charge < -0.3 is 50.1 Å². The Morgan fingerprint density at radius 1 is 0.859 bits per heavy atom. The number of nitriles is 2. The smallest absolute Gasteiger partial charge is 0.318 e. The van der Waals surface area contributed by atoms with Crippen molar-refractivity contribution in [2.75, 3.05) is 82.2 Å². The number of nitrogens with two attached hydrogens (primary N) is 2. The van der Waals surface area contributed by atoms with Crippen molar-refractivity contribution in [2.45, 2.75) is 199 Å². The summed E-state index contributed by atoms with van der Waals surface area (Å²) in [5, 5.41) is 36.8. The first kappa shape index (κ1) is 61.8. The number of benzene rings is 1. The maximum atomic E-state index is 15.9. The topological polar surface area (TPSA) is 252 Å². The number of anilines is 3. The minimum Gasteiger partial charge on any atom is -0.461 e. The van der Waals surface area contributed by atoms with Crippen molar-refractivity contribution in [3.8, 4) is 24.2 Å². The van der Waals surface area contributed by atoms with Crippen LogP contribution in [0.25, 0.3) is 0 Å². The largest absolute Gasteiger partial charge is 0.461 e. The molecule has 15 rings (SSSR count). The van der Waals surface area contributed by atoms with E-state index in [2.05, 4.69) is 84.3 Å². The van der Waals surface area contributed by atoms with Gasteiger partial charge >= 0.3 is 12.0 Å². The average Bonchev–Trinajstić information content (AvgIpc) is 1.09. The summed E-state index contributed by atoms with van der Waals surface area (Å²) >= 11 is 2.39. The Hall–Kier alpha value is -6.35. The van der Waals surface area contributed by atoms with Crippen molar-refractivity contribution in [1.82, 2.24) is 44.4 Å². The number of aromatic nitrogens is 6. The Bertz CT molecular complexity index is 3940. The normalized spacial score (nSPS) is 32.4. The highest BCUT2D eigenvalue weighted by molar-refractivity contribution is 14.1. The Balaban J connectivity index is 0.703. The summed E-state index contributed by atoms with van der Waals surface area (Å²) in [6.07, 6.45) is 4.82. The number of fused-ring (bicyclic) bond motifs is 9. The zero-order valence-corrected chi connectivity index (χ0v) is 55.0. The highest BCUT2D eigenvalue weighted by atomic mass is 127. The molecule has 3 aromatic heterocycles. The van der Waals surface area contributed by atoms with Crippen molar-refractivity contribution in [1.29, 1.82) is 10.5 Å². The fourth-order valence-electron chi connectivity index (χ4n) is 17.8. The molecule has 5 N–H and O–H groups in total. The minimum atomic E-state index is -1.08. The molecule has 0 bridgehead atoms. The van der Waals surface area contributed by atoms with Crippen LogP contribution in [-0.4, -0.2) is 167 Å². The number of alkyl halides is 3. The molecule has 4 aromatic rings. The number of hydrogen-bond donors (Lipinski definition) is 3. The van der Waals surface area contributed by atoms with Gasteiger partial charge in [0.25, 0.3) is 0 Å². The number of allylic oxidation sites excluding steroid dienone is 1. The second kappa shape index (κ2) is 23.2. The lowest BCUT2D eigenvalue weighted by Gasteiger charge is -2.49. The maximum Gasteiger partial charge on any atom is 0.318 e. The number of aliphatic hydroxyl groups is 1. The third kappa shape index (κ3) is 10.0. The van der Waals surface area contributed by atoms with Gasteiger partial charge in [0, 0.05) is 96.2 Å². The molecule has 0 radical (unpaired) electrons. The lowest BCUT2D eigenvalue weighted by atomic mass is 9.69. The highest BCUT2D eigenvalue weighted by Crippen LogP contribution is 2.54. The molecule has 0 amide bonds. The molecular formula is C67H79F3IN15O6. The number of ether oxygens (including phenoxy) is 5. The predicted molar refractivity (Wildman–Crippen MR) is 340 cm³/mol. The summed E-state index contributed by atoms with van der Waals surface area (Å²) in [6, 6.07) is 6.33. The van der Waals surface area contributed by atoms with Gasteiger partial charge in [0.05, 0.1) is 83.5 Å². The summed E-state index contributed by atoms with van der Waals surface area (Å²) < 4.78 is 83.2. The monoisotopic (exact) mass is 1370 g/mol. The standard InChI is InChI=1S/C67H79F3IN15O6/c1-36-10-13-66(56-44(36)19-49(70)57(75)46(56)26-73)23-52-47(32-90-66)59(78-62(76-52)88-34-64-12-6-16-83(64)27-39(68)20-64)82-15-7-17-85-54(30-82)38(3)58(80-85)61(81(4)5)92-42-22-65(21-40(69)28-84(65)29-42)35-89-63-77-53-24-67(14-11-50(71)43-8-9-51(74)45(25-72)55(43)67)91-33-48(53)60(79-63)86-37(2)18-41(86)31-87/h19,36-37,39-42,50,61,87H,6-7,10-18,20-24,27-35,74-75H2,1-5H3/t36?,37-,39?,40+,41+,42?,50?,61?,64?,65+,66?,67-/m0/s1. The number of halogens is 4. The van der Waals surface area contributed by atoms with Gasteiger partial charge in [-0.15, -0.1) is 0 Å². The van der Waals surface area contributed by atoms with Crippen LogP contribution < -0.4 is 30.7 Å². The molecule has 6 fully saturated rings. The van der Waals surface area contributed by atoms with Gasteiger partial charge in [0.15, 0.2) is 6.23 Å². The first-order valence-electron chi connectivity index (χ1n) is 32.7. The average molecular weight is 1370 g/mol. The van der Waals surface area contributed by atoms with E-state index in [1.165, 1.54) is 6.07 Å². The Morgan fingerprint density at radius 2 is 1.55 bits per heavy atom. The van der Waals surface area contributed by atoms with E-state index in [1.54, 1.807) is 0 Å². The number of aryl methyl sites for hydroxylation is 1. The molecule has 486 valence electrons. The first-order valence-corrected chi connectivity index (χ1v) is 34.0. The van der Waals surface area contributed by atoms with Crippen molar-refractivity contribution >= 4 is 39.9 Å². The summed E-state index contributed by atoms with van der Waals surface area (Å²) in [6.45, 7) is 10.4. The zero-order valence-electron chi connectivity index (χ0n) is 52.8. The van der Waals surface area contributed by atoms with Crippen molar-refractivity contribution < 1.29 is 42.0 Å². The SMILES string of the molecule is Cc1c(C(OC2CN3C[C@H](F)C[C@]3(COc3nc4c(c(N5[C@@H](CO)C[C@@H]5C)n3)CO[C@@]3(CCC(I)C5=C=C=C(N)C(C#N)=C53)C4)C2)N(C)C)nn2c1CN(c1nc(OCC34CCCN3CC(F)C4)nc3c1COC1(CCC(C)c4cc(F)c(N)c(C#N)c41)C3)CCC2. The van der Waals surface area contributed by atoms with Gasteiger partial charge in [0.2, 0.25) is 0 Å². The molecule has 21 nitrogen and oxygen atoms in total. The molecule has 92 heavy (non-hydrogen) atoms.